The third kappa shape index (κ3) is 2.95. The first-order valence-electron chi connectivity index (χ1n) is 8.95. The van der Waals surface area contributed by atoms with Gasteiger partial charge in [-0.25, -0.2) is 9.78 Å². The van der Waals surface area contributed by atoms with E-state index in [2.05, 4.69) is 15.0 Å². The van der Waals surface area contributed by atoms with Crippen molar-refractivity contribution in [2.45, 2.75) is 26.8 Å². The van der Waals surface area contributed by atoms with Gasteiger partial charge in [-0.15, -0.1) is 0 Å². The van der Waals surface area contributed by atoms with Crippen molar-refractivity contribution in [2.24, 2.45) is 13.0 Å². The Labute approximate surface area is 155 Å². The van der Waals surface area contributed by atoms with E-state index in [0.717, 1.165) is 20.9 Å². The first kappa shape index (κ1) is 17.2. The fourth-order valence-electron chi connectivity index (χ4n) is 3.40. The number of aromatic amines is 1. The molecule has 0 radical (unpaired) electrons. The molecule has 7 nitrogen and oxygen atoms in total. The summed E-state index contributed by atoms with van der Waals surface area (Å²) in [5.41, 5.74) is 1.10. The van der Waals surface area contributed by atoms with E-state index < -0.39 is 0 Å². The van der Waals surface area contributed by atoms with Crippen LogP contribution in [0.15, 0.2) is 46.2 Å². The summed E-state index contributed by atoms with van der Waals surface area (Å²) < 4.78 is 2.70. The average molecular weight is 363 g/mol. The van der Waals surface area contributed by atoms with Gasteiger partial charge in [-0.3, -0.25) is 18.9 Å². The highest BCUT2D eigenvalue weighted by Crippen LogP contribution is 2.20. The molecule has 3 aromatic heterocycles. The zero-order chi connectivity index (χ0) is 19.1. The van der Waals surface area contributed by atoms with Crippen molar-refractivity contribution in [3.63, 3.8) is 0 Å². The molecular formula is C20H21N5O2. The van der Waals surface area contributed by atoms with E-state index in [-0.39, 0.29) is 17.2 Å². The number of nitrogens with zero attached hydrogens (tertiary/aromatic N) is 4. The van der Waals surface area contributed by atoms with Gasteiger partial charge in [0.1, 0.15) is 11.3 Å². The molecule has 4 aromatic rings. The van der Waals surface area contributed by atoms with Crippen LogP contribution in [0.1, 0.15) is 25.2 Å². The highest BCUT2D eigenvalue weighted by molar-refractivity contribution is 5.84. The summed E-state index contributed by atoms with van der Waals surface area (Å²) in [6.07, 6.45) is 4.14. The Morgan fingerprint density at radius 3 is 2.70 bits per heavy atom. The van der Waals surface area contributed by atoms with Crippen LogP contribution in [-0.2, 0) is 20.0 Å². The monoisotopic (exact) mass is 363 g/mol. The number of benzene rings is 1. The number of hydrogen-bond donors (Lipinski definition) is 1. The number of fused-ring (bicyclic) bond motifs is 2. The molecule has 0 amide bonds. The zero-order valence-corrected chi connectivity index (χ0v) is 15.6. The number of pyridine rings is 1. The van der Waals surface area contributed by atoms with Gasteiger partial charge in [0.15, 0.2) is 5.65 Å². The van der Waals surface area contributed by atoms with Crippen LogP contribution in [-0.4, -0.2) is 24.1 Å². The van der Waals surface area contributed by atoms with Gasteiger partial charge in [-0.2, -0.15) is 0 Å². The molecule has 1 N–H and O–H groups in total. The minimum absolute atomic E-state index is 0.255. The van der Waals surface area contributed by atoms with Crippen molar-refractivity contribution in [2.75, 3.05) is 0 Å². The maximum atomic E-state index is 12.5. The van der Waals surface area contributed by atoms with Crippen LogP contribution in [0.3, 0.4) is 0 Å². The number of H-pyrrole nitrogens is 1. The van der Waals surface area contributed by atoms with E-state index in [4.69, 9.17) is 0 Å². The normalized spacial score (nSPS) is 11.7. The lowest BCUT2D eigenvalue weighted by atomic mass is 10.1. The fraction of sp³-hybridized carbons (Fsp3) is 0.300. The first-order chi connectivity index (χ1) is 13.0. The molecule has 0 atom stereocenters. The third-order valence-corrected chi connectivity index (χ3v) is 4.68. The molecule has 0 unspecified atom stereocenters. The Hall–Kier alpha value is -3.22. The number of aromatic nitrogens is 5. The van der Waals surface area contributed by atoms with Crippen LogP contribution in [0.4, 0.5) is 0 Å². The smallest absolute Gasteiger partial charge is 0.332 e. The highest BCUT2D eigenvalue weighted by Gasteiger charge is 2.17. The quantitative estimate of drug-likeness (QED) is 0.602. The molecule has 0 saturated heterocycles. The van der Waals surface area contributed by atoms with Crippen molar-refractivity contribution in [3.8, 4) is 0 Å². The van der Waals surface area contributed by atoms with Crippen molar-refractivity contribution < 1.29 is 0 Å². The SMILES string of the molecule is CC(C)Cn1c(=O)n(C)c(=O)c2[nH]c(Cc3cncc4ccccc34)nc21. The number of hydrogen-bond acceptors (Lipinski definition) is 4. The van der Waals surface area contributed by atoms with Crippen molar-refractivity contribution in [3.05, 3.63) is 68.9 Å². The van der Waals surface area contributed by atoms with E-state index in [1.807, 2.05) is 50.5 Å². The van der Waals surface area contributed by atoms with Crippen LogP contribution in [0.5, 0.6) is 0 Å². The predicted molar refractivity (Wildman–Crippen MR) is 105 cm³/mol. The molecule has 0 aliphatic rings. The Balaban J connectivity index is 1.87. The Bertz CT molecular complexity index is 1260. The van der Waals surface area contributed by atoms with Gasteiger partial charge in [0.25, 0.3) is 5.56 Å². The summed E-state index contributed by atoms with van der Waals surface area (Å²) in [5, 5.41) is 2.15. The lowest BCUT2D eigenvalue weighted by Crippen LogP contribution is -2.38. The maximum Gasteiger partial charge on any atom is 0.332 e. The van der Waals surface area contributed by atoms with Gasteiger partial charge in [0.05, 0.1) is 0 Å². The minimum Gasteiger partial charge on any atom is -0.336 e. The van der Waals surface area contributed by atoms with Gasteiger partial charge in [0, 0.05) is 37.8 Å². The van der Waals surface area contributed by atoms with Crippen molar-refractivity contribution in [1.29, 1.82) is 0 Å². The van der Waals surface area contributed by atoms with E-state index in [1.165, 1.54) is 7.05 Å². The number of imidazole rings is 1. The van der Waals surface area contributed by atoms with Crippen LogP contribution in [0.25, 0.3) is 21.9 Å². The molecular weight excluding hydrogens is 342 g/mol. The van der Waals surface area contributed by atoms with Crippen molar-refractivity contribution >= 4 is 21.9 Å². The Morgan fingerprint density at radius 1 is 1.15 bits per heavy atom. The van der Waals surface area contributed by atoms with Gasteiger partial charge in [-0.05, 0) is 16.9 Å². The van der Waals surface area contributed by atoms with Crippen molar-refractivity contribution in [1.82, 2.24) is 24.1 Å². The van der Waals surface area contributed by atoms with Crippen LogP contribution in [0, 0.1) is 5.92 Å². The van der Waals surface area contributed by atoms with E-state index in [1.54, 1.807) is 4.57 Å². The summed E-state index contributed by atoms with van der Waals surface area (Å²) in [4.78, 5) is 37.1. The average Bonchev–Trinajstić information content (AvgIpc) is 3.07. The second kappa shape index (κ2) is 6.50. The molecule has 0 aliphatic heterocycles. The predicted octanol–water partition coefficient (Wildman–Crippen LogP) is 2.22. The summed E-state index contributed by atoms with van der Waals surface area (Å²) >= 11 is 0. The van der Waals surface area contributed by atoms with Crippen LogP contribution in [0.2, 0.25) is 0 Å². The molecule has 0 saturated carbocycles. The molecule has 4 rings (SSSR count). The molecule has 138 valence electrons. The second-order valence-corrected chi connectivity index (χ2v) is 7.23. The van der Waals surface area contributed by atoms with Crippen LogP contribution >= 0.6 is 0 Å². The summed E-state index contributed by atoms with van der Waals surface area (Å²) in [6, 6.07) is 8.02. The van der Waals surface area contributed by atoms with E-state index in [0.29, 0.717) is 30.0 Å². The summed E-state index contributed by atoms with van der Waals surface area (Å²) in [7, 11) is 1.50. The van der Waals surface area contributed by atoms with Crippen LogP contribution < -0.4 is 11.2 Å². The molecule has 3 heterocycles. The molecule has 0 fully saturated rings. The lowest BCUT2D eigenvalue weighted by molar-refractivity contribution is 0.500. The topological polar surface area (TPSA) is 85.6 Å². The molecule has 27 heavy (non-hydrogen) atoms. The first-order valence-corrected chi connectivity index (χ1v) is 8.95. The highest BCUT2D eigenvalue weighted by atomic mass is 16.2. The lowest BCUT2D eigenvalue weighted by Gasteiger charge is -2.10. The fourth-order valence-corrected chi connectivity index (χ4v) is 3.40. The molecule has 0 aliphatic carbocycles. The standard InChI is InChI=1S/C20H21N5O2/c1-12(2)11-25-18-17(19(26)24(3)20(25)27)22-16(23-18)8-14-10-21-9-13-6-4-5-7-15(13)14/h4-7,9-10,12H,8,11H2,1-3H3,(H,22,23). The molecule has 7 heteroatoms. The summed E-state index contributed by atoms with van der Waals surface area (Å²) in [6.45, 7) is 4.56. The van der Waals surface area contributed by atoms with Gasteiger partial charge in [-0.1, -0.05) is 38.1 Å². The van der Waals surface area contributed by atoms with Gasteiger partial charge >= 0.3 is 5.69 Å². The number of nitrogens with one attached hydrogen (secondary N) is 1. The third-order valence-electron chi connectivity index (χ3n) is 4.68. The Morgan fingerprint density at radius 2 is 1.93 bits per heavy atom. The molecule has 1 aromatic carbocycles. The Kier molecular flexibility index (Phi) is 4.14. The second-order valence-electron chi connectivity index (χ2n) is 7.23. The van der Waals surface area contributed by atoms with Gasteiger partial charge < -0.3 is 4.98 Å². The van der Waals surface area contributed by atoms with Gasteiger partial charge in [0.2, 0.25) is 0 Å². The minimum atomic E-state index is -0.357. The maximum absolute atomic E-state index is 12.5. The zero-order valence-electron chi connectivity index (χ0n) is 15.6. The molecule has 0 spiro atoms. The van der Waals surface area contributed by atoms with E-state index in [9.17, 15) is 9.59 Å². The molecule has 0 bridgehead atoms. The van der Waals surface area contributed by atoms with E-state index >= 15 is 0 Å². The largest absolute Gasteiger partial charge is 0.336 e. The summed E-state index contributed by atoms with van der Waals surface area (Å²) in [5.74, 6) is 0.897. The number of rotatable bonds is 4.